The first-order valence-electron chi connectivity index (χ1n) is 5.48. The van der Waals surface area contributed by atoms with E-state index in [9.17, 15) is 0 Å². The number of anilines is 1. The third-order valence-corrected chi connectivity index (χ3v) is 4.43. The minimum absolute atomic E-state index is 0.684. The Morgan fingerprint density at radius 1 is 1.56 bits per heavy atom. The second-order valence-corrected chi connectivity index (χ2v) is 5.86. The van der Waals surface area contributed by atoms with Gasteiger partial charge in [0.2, 0.25) is 0 Å². The second kappa shape index (κ2) is 5.30. The van der Waals surface area contributed by atoms with Crippen molar-refractivity contribution in [1.82, 2.24) is 4.90 Å². The summed E-state index contributed by atoms with van der Waals surface area (Å²) in [6, 6.07) is 6.37. The lowest BCUT2D eigenvalue weighted by molar-refractivity contribution is 0.255. The Morgan fingerprint density at radius 3 is 3.06 bits per heavy atom. The van der Waals surface area contributed by atoms with Crippen LogP contribution in [0.3, 0.4) is 0 Å². The molecule has 2 N–H and O–H groups in total. The summed E-state index contributed by atoms with van der Waals surface area (Å²) < 4.78 is 0. The summed E-state index contributed by atoms with van der Waals surface area (Å²) >= 11 is 8.01. The largest absolute Gasteiger partial charge is 0.398 e. The molecule has 4 heteroatoms. The van der Waals surface area contributed by atoms with Crippen LogP contribution in [0.4, 0.5) is 5.69 Å². The molecule has 1 unspecified atom stereocenters. The maximum atomic E-state index is 5.98. The van der Waals surface area contributed by atoms with Crippen molar-refractivity contribution in [3.63, 3.8) is 0 Å². The van der Waals surface area contributed by atoms with Crippen molar-refractivity contribution in [2.75, 3.05) is 24.3 Å². The molecule has 16 heavy (non-hydrogen) atoms. The molecule has 1 aliphatic heterocycles. The van der Waals surface area contributed by atoms with Crippen molar-refractivity contribution in [3.05, 3.63) is 28.8 Å². The predicted octanol–water partition coefficient (Wildman–Crippen LogP) is 2.86. The molecule has 1 aromatic rings. The third-order valence-electron chi connectivity index (χ3n) is 3.05. The van der Waals surface area contributed by atoms with Crippen LogP contribution in [0.2, 0.25) is 5.02 Å². The van der Waals surface area contributed by atoms with E-state index in [1.54, 1.807) is 0 Å². The molecule has 0 radical (unpaired) electrons. The Morgan fingerprint density at radius 2 is 2.38 bits per heavy atom. The van der Waals surface area contributed by atoms with Crippen LogP contribution in [0.25, 0.3) is 0 Å². The van der Waals surface area contributed by atoms with E-state index in [0.717, 1.165) is 22.8 Å². The van der Waals surface area contributed by atoms with E-state index in [4.69, 9.17) is 17.3 Å². The Hall–Kier alpha value is -0.380. The molecule has 0 saturated carbocycles. The van der Waals surface area contributed by atoms with Crippen molar-refractivity contribution in [2.45, 2.75) is 19.0 Å². The van der Waals surface area contributed by atoms with Crippen molar-refractivity contribution in [2.24, 2.45) is 0 Å². The molecular formula is C12H17ClN2S. The minimum Gasteiger partial charge on any atom is -0.398 e. The summed E-state index contributed by atoms with van der Waals surface area (Å²) in [7, 11) is 2.16. The van der Waals surface area contributed by atoms with Crippen LogP contribution in [0, 0.1) is 0 Å². The maximum Gasteiger partial charge on any atom is 0.0410 e. The van der Waals surface area contributed by atoms with Gasteiger partial charge in [0.15, 0.2) is 0 Å². The van der Waals surface area contributed by atoms with Gasteiger partial charge in [0, 0.05) is 29.0 Å². The van der Waals surface area contributed by atoms with Crippen molar-refractivity contribution < 1.29 is 0 Å². The Kier molecular flexibility index (Phi) is 4.00. The Bertz CT molecular complexity index is 364. The average molecular weight is 257 g/mol. The summed E-state index contributed by atoms with van der Waals surface area (Å²) in [6.45, 7) is 0.887. The molecule has 1 saturated heterocycles. The maximum absolute atomic E-state index is 5.98. The molecule has 0 aromatic heterocycles. The van der Waals surface area contributed by atoms with Gasteiger partial charge in [-0.05, 0) is 43.0 Å². The van der Waals surface area contributed by atoms with Gasteiger partial charge in [-0.25, -0.2) is 0 Å². The van der Waals surface area contributed by atoms with Gasteiger partial charge >= 0.3 is 0 Å². The fraction of sp³-hybridized carbons (Fsp3) is 0.500. The summed E-state index contributed by atoms with van der Waals surface area (Å²) in [5, 5.41) is 0.762. The molecule has 1 fully saturated rings. The highest BCUT2D eigenvalue weighted by Crippen LogP contribution is 2.25. The van der Waals surface area contributed by atoms with E-state index in [-0.39, 0.29) is 0 Å². The van der Waals surface area contributed by atoms with Gasteiger partial charge < -0.3 is 5.73 Å². The molecule has 1 aliphatic rings. The quantitative estimate of drug-likeness (QED) is 0.844. The molecule has 2 nitrogen and oxygen atoms in total. The number of nitrogen functional groups attached to an aromatic ring is 1. The topological polar surface area (TPSA) is 29.3 Å². The van der Waals surface area contributed by atoms with E-state index in [1.165, 1.54) is 17.9 Å². The lowest BCUT2D eigenvalue weighted by atomic mass is 10.1. The van der Waals surface area contributed by atoms with Crippen molar-refractivity contribution in [1.29, 1.82) is 0 Å². The molecule has 0 spiro atoms. The molecule has 0 amide bonds. The Labute approximate surface area is 106 Å². The first-order chi connectivity index (χ1) is 7.66. The highest BCUT2D eigenvalue weighted by atomic mass is 35.5. The van der Waals surface area contributed by atoms with Crippen LogP contribution in [-0.2, 0) is 6.54 Å². The van der Waals surface area contributed by atoms with E-state index < -0.39 is 0 Å². The SMILES string of the molecule is CN(Cc1cc(Cl)ccc1N)C1CCSC1. The zero-order valence-corrected chi connectivity index (χ0v) is 11.0. The number of hydrogen-bond acceptors (Lipinski definition) is 3. The molecule has 0 aliphatic carbocycles. The number of rotatable bonds is 3. The predicted molar refractivity (Wildman–Crippen MR) is 73.1 cm³/mol. The van der Waals surface area contributed by atoms with Gasteiger partial charge in [0.05, 0.1) is 0 Å². The molecule has 1 atom stereocenters. The lowest BCUT2D eigenvalue weighted by Gasteiger charge is -2.24. The van der Waals surface area contributed by atoms with Gasteiger partial charge in [0.1, 0.15) is 0 Å². The summed E-state index contributed by atoms with van der Waals surface area (Å²) in [4.78, 5) is 2.38. The summed E-state index contributed by atoms with van der Waals surface area (Å²) in [6.07, 6.45) is 1.28. The molecule has 2 rings (SSSR count). The van der Waals surface area contributed by atoms with Gasteiger partial charge in [-0.2, -0.15) is 11.8 Å². The Balaban J connectivity index is 2.04. The van der Waals surface area contributed by atoms with E-state index in [2.05, 4.69) is 11.9 Å². The fourth-order valence-electron chi connectivity index (χ4n) is 1.98. The molecule has 88 valence electrons. The zero-order valence-electron chi connectivity index (χ0n) is 9.45. The molecule has 1 heterocycles. The normalized spacial score (nSPS) is 20.6. The van der Waals surface area contributed by atoms with E-state index in [1.807, 2.05) is 30.0 Å². The number of thioether (sulfide) groups is 1. The van der Waals surface area contributed by atoms with Crippen LogP contribution in [0.15, 0.2) is 18.2 Å². The number of nitrogens with zero attached hydrogens (tertiary/aromatic N) is 1. The minimum atomic E-state index is 0.684. The second-order valence-electron chi connectivity index (χ2n) is 4.28. The third kappa shape index (κ3) is 2.84. The van der Waals surface area contributed by atoms with Crippen LogP contribution in [0.5, 0.6) is 0 Å². The molecule has 0 bridgehead atoms. The monoisotopic (exact) mass is 256 g/mol. The van der Waals surface area contributed by atoms with Gasteiger partial charge in [0.25, 0.3) is 0 Å². The highest BCUT2D eigenvalue weighted by molar-refractivity contribution is 7.99. The number of hydrogen-bond donors (Lipinski definition) is 1. The van der Waals surface area contributed by atoms with Crippen molar-refractivity contribution >= 4 is 29.1 Å². The van der Waals surface area contributed by atoms with Crippen LogP contribution in [-0.4, -0.2) is 29.5 Å². The van der Waals surface area contributed by atoms with Crippen molar-refractivity contribution in [3.8, 4) is 0 Å². The standard InChI is InChI=1S/C12H17ClN2S/c1-15(11-4-5-16-8-11)7-9-6-10(13)2-3-12(9)14/h2-3,6,11H,4-5,7-8,14H2,1H3. The lowest BCUT2D eigenvalue weighted by Crippen LogP contribution is -2.31. The summed E-state index contributed by atoms with van der Waals surface area (Å²) in [5.74, 6) is 2.51. The number of benzene rings is 1. The van der Waals surface area contributed by atoms with E-state index in [0.29, 0.717) is 6.04 Å². The number of nitrogens with two attached hydrogens (primary N) is 1. The number of halogens is 1. The first kappa shape index (κ1) is 12.1. The van der Waals surface area contributed by atoms with Gasteiger partial charge in [-0.15, -0.1) is 0 Å². The summed E-state index contributed by atoms with van der Waals surface area (Å²) in [5.41, 5.74) is 7.91. The van der Waals surface area contributed by atoms with Crippen LogP contribution >= 0.6 is 23.4 Å². The molecular weight excluding hydrogens is 240 g/mol. The van der Waals surface area contributed by atoms with Gasteiger partial charge in [-0.3, -0.25) is 4.90 Å². The van der Waals surface area contributed by atoms with E-state index >= 15 is 0 Å². The van der Waals surface area contributed by atoms with Crippen LogP contribution < -0.4 is 5.73 Å². The van der Waals surface area contributed by atoms with Crippen LogP contribution in [0.1, 0.15) is 12.0 Å². The average Bonchev–Trinajstić information content (AvgIpc) is 2.76. The zero-order chi connectivity index (χ0) is 11.5. The van der Waals surface area contributed by atoms with Gasteiger partial charge in [-0.1, -0.05) is 11.6 Å². The smallest absolute Gasteiger partial charge is 0.0410 e. The fourth-order valence-corrected chi connectivity index (χ4v) is 3.47. The highest BCUT2D eigenvalue weighted by Gasteiger charge is 2.20. The first-order valence-corrected chi connectivity index (χ1v) is 7.02. The molecule has 1 aromatic carbocycles.